The summed E-state index contributed by atoms with van der Waals surface area (Å²) < 4.78 is 43.4. The molecule has 3 aliphatic heterocycles. The van der Waals surface area contributed by atoms with E-state index >= 15 is 4.39 Å². The summed E-state index contributed by atoms with van der Waals surface area (Å²) in [5, 5.41) is 15.4. The Balaban J connectivity index is 1.22. The van der Waals surface area contributed by atoms with E-state index in [1.165, 1.54) is 24.3 Å². The minimum Gasteiger partial charge on any atom is -0.508 e. The molecule has 232 valence electrons. The number of fused-ring (bicyclic) bond motifs is 4. The van der Waals surface area contributed by atoms with E-state index in [4.69, 9.17) is 20.9 Å². The number of morpholine rings is 1. The van der Waals surface area contributed by atoms with Gasteiger partial charge < -0.3 is 24.8 Å². The fraction of sp³-hybridized carbons (Fsp3) is 0.441. The Kier molecular flexibility index (Phi) is 6.97. The van der Waals surface area contributed by atoms with Crippen LogP contribution in [0.4, 0.5) is 14.6 Å². The first kappa shape index (κ1) is 28.4. The van der Waals surface area contributed by atoms with Crippen LogP contribution in [0.15, 0.2) is 30.5 Å². The van der Waals surface area contributed by atoms with Gasteiger partial charge in [0.05, 0.1) is 30.8 Å². The summed E-state index contributed by atoms with van der Waals surface area (Å²) in [6.07, 6.45) is 11.5. The van der Waals surface area contributed by atoms with Gasteiger partial charge in [-0.1, -0.05) is 12.0 Å². The average molecular weight is 613 g/mol. The van der Waals surface area contributed by atoms with E-state index in [9.17, 15) is 9.50 Å². The first-order valence-electron chi connectivity index (χ1n) is 15.6. The van der Waals surface area contributed by atoms with Gasteiger partial charge in [0.25, 0.3) is 0 Å². The average Bonchev–Trinajstić information content (AvgIpc) is 3.73. The summed E-state index contributed by atoms with van der Waals surface area (Å²) in [6, 6.07) is 6.33. The number of phenolic OH excluding ortho intramolecular Hbond substituents is 1. The molecule has 0 radical (unpaired) electrons. The van der Waals surface area contributed by atoms with Crippen LogP contribution in [0.25, 0.3) is 32.9 Å². The Hall–Kier alpha value is -4.11. The van der Waals surface area contributed by atoms with Crippen LogP contribution in [-0.4, -0.2) is 89.6 Å². The van der Waals surface area contributed by atoms with Gasteiger partial charge in [-0.3, -0.25) is 9.88 Å². The van der Waals surface area contributed by atoms with Crippen LogP contribution in [0.5, 0.6) is 11.8 Å². The fourth-order valence-electron chi connectivity index (χ4n) is 7.21. The third kappa shape index (κ3) is 5.21. The van der Waals surface area contributed by atoms with E-state index < -0.39 is 11.6 Å². The molecule has 2 bridgehead atoms. The highest BCUT2D eigenvalue weighted by Crippen LogP contribution is 2.47. The lowest BCUT2D eigenvalue weighted by Gasteiger charge is -2.34. The number of phenols is 1. The van der Waals surface area contributed by atoms with Gasteiger partial charge in [0.1, 0.15) is 28.6 Å². The third-order valence-electron chi connectivity index (χ3n) is 9.74. The van der Waals surface area contributed by atoms with Gasteiger partial charge in [-0.05, 0) is 49.3 Å². The molecule has 0 amide bonds. The monoisotopic (exact) mass is 612 g/mol. The van der Waals surface area contributed by atoms with Crippen molar-refractivity contribution < 1.29 is 23.4 Å². The van der Waals surface area contributed by atoms with Crippen molar-refractivity contribution in [3.8, 4) is 35.4 Å². The number of terminal acetylenes is 1. The second-order valence-electron chi connectivity index (χ2n) is 12.9. The van der Waals surface area contributed by atoms with Gasteiger partial charge in [0.2, 0.25) is 0 Å². The summed E-state index contributed by atoms with van der Waals surface area (Å²) in [5.41, 5.74) is 0.137. The van der Waals surface area contributed by atoms with E-state index in [1.54, 1.807) is 6.20 Å². The zero-order valence-corrected chi connectivity index (χ0v) is 24.9. The van der Waals surface area contributed by atoms with Gasteiger partial charge >= 0.3 is 6.01 Å². The van der Waals surface area contributed by atoms with E-state index in [0.29, 0.717) is 40.7 Å². The molecule has 11 heteroatoms. The lowest BCUT2D eigenvalue weighted by atomic mass is 9.96. The molecule has 4 fully saturated rings. The maximum Gasteiger partial charge on any atom is 0.319 e. The number of aromatic hydroxyl groups is 1. The number of pyridine rings is 1. The number of piperazine rings is 1. The summed E-state index contributed by atoms with van der Waals surface area (Å²) in [6.45, 7) is 6.09. The van der Waals surface area contributed by atoms with Crippen molar-refractivity contribution in [2.24, 2.45) is 5.41 Å². The normalized spacial score (nSPS) is 22.6. The van der Waals surface area contributed by atoms with Crippen LogP contribution in [0.3, 0.4) is 0 Å². The lowest BCUT2D eigenvalue weighted by molar-refractivity contribution is 0.0231. The van der Waals surface area contributed by atoms with Crippen molar-refractivity contribution in [2.45, 2.75) is 37.8 Å². The number of aromatic nitrogens is 3. The first-order chi connectivity index (χ1) is 21.9. The summed E-state index contributed by atoms with van der Waals surface area (Å²) in [4.78, 5) is 18.6. The number of rotatable bonds is 7. The molecule has 8 rings (SSSR count). The van der Waals surface area contributed by atoms with Crippen LogP contribution in [0.1, 0.15) is 31.2 Å². The first-order valence-corrected chi connectivity index (χ1v) is 15.6. The summed E-state index contributed by atoms with van der Waals surface area (Å²) in [7, 11) is 0. The fourth-order valence-corrected chi connectivity index (χ4v) is 7.21. The third-order valence-corrected chi connectivity index (χ3v) is 9.74. The van der Waals surface area contributed by atoms with Crippen molar-refractivity contribution in [3.63, 3.8) is 0 Å². The maximum atomic E-state index is 16.8. The molecule has 4 aromatic rings. The largest absolute Gasteiger partial charge is 0.508 e. The quantitative estimate of drug-likeness (QED) is 0.297. The Labute approximate surface area is 259 Å². The second-order valence-corrected chi connectivity index (χ2v) is 12.9. The van der Waals surface area contributed by atoms with Crippen LogP contribution < -0.4 is 15.0 Å². The van der Waals surface area contributed by atoms with Gasteiger partial charge in [-0.15, -0.1) is 6.42 Å². The predicted molar refractivity (Wildman–Crippen MR) is 166 cm³/mol. The summed E-state index contributed by atoms with van der Waals surface area (Å²) >= 11 is 0. The predicted octanol–water partition coefficient (Wildman–Crippen LogP) is 4.24. The van der Waals surface area contributed by atoms with Crippen LogP contribution in [0, 0.1) is 29.4 Å². The molecule has 2 N–H and O–H groups in total. The SMILES string of the molecule is C#Cc1c(F)ccc2cc(O)cc(-c3ncc4c(N5C[C@H]6CC[C@@H](C5)N6)nc(OCC5(CN6CCOCC6)CC5)nc4c3F)c12. The van der Waals surface area contributed by atoms with E-state index in [-0.39, 0.29) is 39.5 Å². The standard InChI is InChI=1S/C34H34F2N6O3/c1-2-24-27(35)6-3-20-13-23(43)14-25(28(20)24)30-29(36)31-26(15-37-30)32(42-16-21-4-5-22(17-42)38-21)40-33(39-31)45-19-34(7-8-34)18-41-9-11-44-12-10-41/h1,3,6,13-15,21-22,38,43H,4-5,7-12,16-19H2/t21-,22+. The van der Waals surface area contributed by atoms with Crippen molar-refractivity contribution in [2.75, 3.05) is 57.4 Å². The van der Waals surface area contributed by atoms with Gasteiger partial charge in [-0.25, -0.2) is 8.78 Å². The maximum absolute atomic E-state index is 16.8. The highest BCUT2D eigenvalue weighted by molar-refractivity contribution is 6.03. The van der Waals surface area contributed by atoms with Crippen LogP contribution in [0.2, 0.25) is 0 Å². The van der Waals surface area contributed by atoms with Crippen LogP contribution in [-0.2, 0) is 4.74 Å². The summed E-state index contributed by atoms with van der Waals surface area (Å²) in [5.74, 6) is 1.53. The zero-order valence-electron chi connectivity index (χ0n) is 24.9. The number of nitrogens with zero attached hydrogens (tertiary/aromatic N) is 5. The second kappa shape index (κ2) is 11.1. The number of hydrogen-bond donors (Lipinski definition) is 2. The molecular formula is C34H34F2N6O3. The topological polar surface area (TPSA) is 95.9 Å². The highest BCUT2D eigenvalue weighted by atomic mass is 19.1. The molecule has 2 atom stereocenters. The van der Waals surface area contributed by atoms with E-state index in [1.807, 2.05) is 0 Å². The molecule has 9 nitrogen and oxygen atoms in total. The molecule has 0 unspecified atom stereocenters. The molecule has 2 aromatic carbocycles. The van der Waals surface area contributed by atoms with Gasteiger partial charge in [0.15, 0.2) is 5.82 Å². The minimum absolute atomic E-state index is 0.0160. The Morgan fingerprint density at radius 2 is 1.89 bits per heavy atom. The number of benzene rings is 2. The molecule has 4 aliphatic rings. The highest BCUT2D eigenvalue weighted by Gasteiger charge is 2.45. The molecule has 0 spiro atoms. The minimum atomic E-state index is -0.715. The van der Waals surface area contributed by atoms with Crippen molar-refractivity contribution >= 4 is 27.5 Å². The van der Waals surface area contributed by atoms with Gasteiger partial charge in [-0.2, -0.15) is 9.97 Å². The number of nitrogens with one attached hydrogen (secondary N) is 1. The van der Waals surface area contributed by atoms with Crippen LogP contribution >= 0.6 is 0 Å². The Morgan fingerprint density at radius 3 is 2.62 bits per heavy atom. The number of hydrogen-bond acceptors (Lipinski definition) is 9. The zero-order chi connectivity index (χ0) is 30.7. The van der Waals surface area contributed by atoms with Crippen molar-refractivity contribution in [1.29, 1.82) is 0 Å². The van der Waals surface area contributed by atoms with E-state index in [2.05, 4.69) is 31.0 Å². The lowest BCUT2D eigenvalue weighted by Crippen LogP contribution is -2.51. The molecule has 2 aromatic heterocycles. The molecule has 5 heterocycles. The molecule has 3 saturated heterocycles. The van der Waals surface area contributed by atoms with Crippen molar-refractivity contribution in [1.82, 2.24) is 25.2 Å². The molecule has 1 saturated carbocycles. The Bertz CT molecular complexity index is 1840. The van der Waals surface area contributed by atoms with Crippen molar-refractivity contribution in [3.05, 3.63) is 47.7 Å². The van der Waals surface area contributed by atoms with Gasteiger partial charge in [0, 0.05) is 67.4 Å². The molecular weight excluding hydrogens is 578 g/mol. The number of ether oxygens (including phenoxy) is 2. The van der Waals surface area contributed by atoms with E-state index in [0.717, 1.165) is 71.6 Å². The smallest absolute Gasteiger partial charge is 0.319 e. The molecule has 45 heavy (non-hydrogen) atoms. The number of halogens is 2. The Morgan fingerprint density at radius 1 is 1.11 bits per heavy atom. The molecule has 1 aliphatic carbocycles. The number of anilines is 1.